The van der Waals surface area contributed by atoms with Gasteiger partial charge in [-0.1, -0.05) is 64.9 Å². The van der Waals surface area contributed by atoms with Gasteiger partial charge in [0, 0.05) is 37.6 Å². The molecule has 1 heterocycles. The summed E-state index contributed by atoms with van der Waals surface area (Å²) in [7, 11) is 1.59. The third-order valence-corrected chi connectivity index (χ3v) is 5.96. The molecule has 0 spiro atoms. The second kappa shape index (κ2) is 17.6. The van der Waals surface area contributed by atoms with Crippen molar-refractivity contribution in [3.05, 3.63) is 48.3 Å². The number of methoxy groups -OCH3 is 1. The zero-order chi connectivity index (χ0) is 25.1. The molecule has 0 aliphatic carbocycles. The molecule has 0 atom stereocenters. The lowest BCUT2D eigenvalue weighted by Gasteiger charge is -2.13. The van der Waals surface area contributed by atoms with Gasteiger partial charge in [0.05, 0.1) is 13.7 Å². The number of benzene rings is 1. The van der Waals surface area contributed by atoms with Gasteiger partial charge in [-0.15, -0.1) is 0 Å². The first-order valence-electron chi connectivity index (χ1n) is 13.4. The van der Waals surface area contributed by atoms with E-state index in [1.807, 2.05) is 24.3 Å². The van der Waals surface area contributed by atoms with Gasteiger partial charge in [-0.25, -0.2) is 4.57 Å². The largest absolute Gasteiger partial charge is 0.493 e. The number of hydrogen-bond donors (Lipinski definition) is 1. The van der Waals surface area contributed by atoms with Gasteiger partial charge in [-0.2, -0.15) is 0 Å². The van der Waals surface area contributed by atoms with Crippen LogP contribution in [0.25, 0.3) is 0 Å². The van der Waals surface area contributed by atoms with Crippen molar-refractivity contribution in [3.63, 3.8) is 0 Å². The Labute approximate surface area is 212 Å². The lowest BCUT2D eigenvalue weighted by atomic mass is 10.1. The number of nitrogens with one attached hydrogen (secondary N) is 1. The summed E-state index contributed by atoms with van der Waals surface area (Å²) in [5.74, 6) is 1.70. The first-order chi connectivity index (χ1) is 17.2. The summed E-state index contributed by atoms with van der Waals surface area (Å²) < 4.78 is 19.3. The maximum atomic E-state index is 12.3. The highest BCUT2D eigenvalue weighted by atomic mass is 16.5. The Morgan fingerprint density at radius 3 is 2.40 bits per heavy atom. The highest BCUT2D eigenvalue weighted by Crippen LogP contribution is 2.31. The number of carbonyl (C=O) groups is 1. The van der Waals surface area contributed by atoms with Crippen molar-refractivity contribution in [1.82, 2.24) is 5.32 Å². The average Bonchev–Trinajstić information content (AvgIpc) is 2.88. The minimum Gasteiger partial charge on any atom is -0.493 e. The molecule has 0 saturated heterocycles. The van der Waals surface area contributed by atoms with Gasteiger partial charge in [-0.05, 0) is 18.6 Å². The average molecular weight is 486 g/mol. The fourth-order valence-electron chi connectivity index (χ4n) is 4.00. The second-order valence-electron chi connectivity index (χ2n) is 8.91. The Kier molecular flexibility index (Phi) is 14.4. The standard InChI is InChI=1S/C29H44N2O4/c1-4-6-7-8-9-10-11-14-22-34-26-16-17-27(28(23-26)33-3)35-24-29(32)30-19-18-25-15-12-13-21-31(25)20-5-2/h12-13,15-17,21,23H,4-11,14,18-20,22,24H2,1-3H3/p+1. The van der Waals surface area contributed by atoms with Crippen LogP contribution in [0.5, 0.6) is 17.2 Å². The van der Waals surface area contributed by atoms with E-state index in [0.717, 1.165) is 31.6 Å². The third kappa shape index (κ3) is 11.5. The van der Waals surface area contributed by atoms with Crippen molar-refractivity contribution in [2.24, 2.45) is 0 Å². The number of pyridine rings is 1. The van der Waals surface area contributed by atoms with Gasteiger partial charge in [-0.3, -0.25) is 4.79 Å². The van der Waals surface area contributed by atoms with E-state index in [0.29, 0.717) is 24.7 Å². The van der Waals surface area contributed by atoms with E-state index < -0.39 is 0 Å². The van der Waals surface area contributed by atoms with Crippen molar-refractivity contribution < 1.29 is 23.6 Å². The lowest BCUT2D eigenvalue weighted by molar-refractivity contribution is -0.704. The zero-order valence-electron chi connectivity index (χ0n) is 22.0. The number of nitrogens with zero attached hydrogens (tertiary/aromatic N) is 1. The summed E-state index contributed by atoms with van der Waals surface area (Å²) in [6.07, 6.45) is 14.1. The first kappa shape index (κ1) is 28.5. The Morgan fingerprint density at radius 1 is 0.886 bits per heavy atom. The fraction of sp³-hybridized carbons (Fsp3) is 0.586. The van der Waals surface area contributed by atoms with Crippen LogP contribution in [0.2, 0.25) is 0 Å². The van der Waals surface area contributed by atoms with E-state index in [9.17, 15) is 4.79 Å². The van der Waals surface area contributed by atoms with E-state index >= 15 is 0 Å². The lowest BCUT2D eigenvalue weighted by Crippen LogP contribution is -2.40. The predicted molar refractivity (Wildman–Crippen MR) is 140 cm³/mol. The molecule has 194 valence electrons. The number of aryl methyl sites for hydroxylation is 1. The minimum atomic E-state index is -0.153. The molecule has 0 radical (unpaired) electrons. The SMILES string of the molecule is CCCCCCCCCCOc1ccc(OCC(=O)NCCc2cccc[n+]2CCC)c(OC)c1. The van der Waals surface area contributed by atoms with Crippen molar-refractivity contribution in [2.45, 2.75) is 84.6 Å². The van der Waals surface area contributed by atoms with Crippen molar-refractivity contribution >= 4 is 5.91 Å². The van der Waals surface area contributed by atoms with Crippen LogP contribution in [0.15, 0.2) is 42.6 Å². The maximum absolute atomic E-state index is 12.3. The number of hydrogen-bond acceptors (Lipinski definition) is 4. The molecular formula is C29H45N2O4+. The quantitative estimate of drug-likeness (QED) is 0.206. The van der Waals surface area contributed by atoms with Gasteiger partial charge in [0.1, 0.15) is 12.3 Å². The Balaban J connectivity index is 1.67. The zero-order valence-corrected chi connectivity index (χ0v) is 22.0. The van der Waals surface area contributed by atoms with Crippen LogP contribution < -0.4 is 24.1 Å². The molecule has 0 fully saturated rings. The molecular weight excluding hydrogens is 440 g/mol. The topological polar surface area (TPSA) is 60.7 Å². The molecule has 0 aliphatic heterocycles. The van der Waals surface area contributed by atoms with Gasteiger partial charge in [0.25, 0.3) is 5.91 Å². The summed E-state index contributed by atoms with van der Waals surface area (Å²) in [5, 5.41) is 2.94. The van der Waals surface area contributed by atoms with E-state index in [2.05, 4.69) is 36.0 Å². The molecule has 1 amide bonds. The number of unbranched alkanes of at least 4 members (excludes halogenated alkanes) is 7. The Morgan fingerprint density at radius 2 is 1.66 bits per heavy atom. The van der Waals surface area contributed by atoms with Crippen LogP contribution in [-0.4, -0.2) is 32.8 Å². The maximum Gasteiger partial charge on any atom is 0.257 e. The molecule has 6 heteroatoms. The molecule has 2 aromatic rings. The van der Waals surface area contributed by atoms with E-state index in [-0.39, 0.29) is 12.5 Å². The molecule has 6 nitrogen and oxygen atoms in total. The normalized spacial score (nSPS) is 10.7. The minimum absolute atomic E-state index is 0.0570. The second-order valence-corrected chi connectivity index (χ2v) is 8.91. The molecule has 1 aromatic heterocycles. The molecule has 2 rings (SSSR count). The van der Waals surface area contributed by atoms with Crippen LogP contribution in [0, 0.1) is 0 Å². The van der Waals surface area contributed by atoms with Crippen molar-refractivity contribution in [1.29, 1.82) is 0 Å². The molecule has 0 aliphatic rings. The summed E-state index contributed by atoms with van der Waals surface area (Å²) in [6, 6.07) is 11.6. The highest BCUT2D eigenvalue weighted by Gasteiger charge is 2.11. The monoisotopic (exact) mass is 485 g/mol. The molecule has 0 saturated carbocycles. The molecule has 35 heavy (non-hydrogen) atoms. The highest BCUT2D eigenvalue weighted by molar-refractivity contribution is 5.77. The smallest absolute Gasteiger partial charge is 0.257 e. The van der Waals surface area contributed by atoms with E-state index in [1.54, 1.807) is 13.2 Å². The van der Waals surface area contributed by atoms with Crippen LogP contribution in [0.1, 0.15) is 77.3 Å². The fourth-order valence-corrected chi connectivity index (χ4v) is 4.00. The summed E-state index contributed by atoms with van der Waals surface area (Å²) in [6.45, 7) is 6.59. The van der Waals surface area contributed by atoms with Gasteiger partial charge < -0.3 is 19.5 Å². The van der Waals surface area contributed by atoms with Gasteiger partial charge >= 0.3 is 0 Å². The molecule has 1 aromatic carbocycles. The van der Waals surface area contributed by atoms with Crippen LogP contribution in [0.4, 0.5) is 0 Å². The molecule has 0 unspecified atom stereocenters. The predicted octanol–water partition coefficient (Wildman–Crippen LogP) is 5.65. The molecule has 1 N–H and O–H groups in total. The molecule has 0 bridgehead atoms. The van der Waals surface area contributed by atoms with Gasteiger partial charge in [0.15, 0.2) is 30.0 Å². The Bertz CT molecular complexity index is 856. The van der Waals surface area contributed by atoms with Crippen LogP contribution >= 0.6 is 0 Å². The van der Waals surface area contributed by atoms with Crippen LogP contribution in [0.3, 0.4) is 0 Å². The van der Waals surface area contributed by atoms with E-state index in [1.165, 1.54) is 50.6 Å². The van der Waals surface area contributed by atoms with Gasteiger partial charge in [0.2, 0.25) is 0 Å². The van der Waals surface area contributed by atoms with Crippen molar-refractivity contribution in [2.75, 3.05) is 26.9 Å². The van der Waals surface area contributed by atoms with Crippen molar-refractivity contribution in [3.8, 4) is 17.2 Å². The van der Waals surface area contributed by atoms with Crippen LogP contribution in [-0.2, 0) is 17.8 Å². The number of carbonyl (C=O) groups excluding carboxylic acids is 1. The summed E-state index contributed by atoms with van der Waals surface area (Å²) in [4.78, 5) is 12.3. The number of amides is 1. The number of ether oxygens (including phenoxy) is 3. The Hall–Kier alpha value is -2.76. The first-order valence-corrected chi connectivity index (χ1v) is 13.4. The third-order valence-electron chi connectivity index (χ3n) is 5.96. The number of rotatable bonds is 19. The summed E-state index contributed by atoms with van der Waals surface area (Å²) in [5.41, 5.74) is 1.21. The number of aromatic nitrogens is 1. The summed E-state index contributed by atoms with van der Waals surface area (Å²) >= 11 is 0. The van der Waals surface area contributed by atoms with E-state index in [4.69, 9.17) is 14.2 Å².